The Morgan fingerprint density at radius 3 is 2.47 bits per heavy atom. The second-order valence-electron chi connectivity index (χ2n) is 8.20. The van der Waals surface area contributed by atoms with Crippen LogP contribution in [-0.4, -0.2) is 25.2 Å². The summed E-state index contributed by atoms with van der Waals surface area (Å²) in [6, 6.07) is 18.3. The number of carbonyl (C=O) groups excluding carboxylic acids is 1. The number of nitrogens with one attached hydrogen (secondary N) is 1. The van der Waals surface area contributed by atoms with Gasteiger partial charge in [0.2, 0.25) is 5.69 Å². The van der Waals surface area contributed by atoms with Crippen molar-refractivity contribution in [3.05, 3.63) is 121 Å². The summed E-state index contributed by atoms with van der Waals surface area (Å²) in [6.45, 7) is 5.97. The molecule has 0 saturated carbocycles. The summed E-state index contributed by atoms with van der Waals surface area (Å²) >= 11 is 0. The third kappa shape index (κ3) is 4.85. The van der Waals surface area contributed by atoms with E-state index in [1.54, 1.807) is 30.5 Å². The molecule has 2 heterocycles. The van der Waals surface area contributed by atoms with E-state index in [2.05, 4.69) is 15.4 Å². The van der Waals surface area contributed by atoms with Crippen LogP contribution in [-0.2, 0) is 13.1 Å². The second kappa shape index (κ2) is 9.66. The summed E-state index contributed by atoms with van der Waals surface area (Å²) in [6.07, 6.45) is 1.62. The van der Waals surface area contributed by atoms with Crippen LogP contribution in [0, 0.1) is 20.8 Å². The molecule has 2 aromatic carbocycles. The Morgan fingerprint density at radius 2 is 1.76 bits per heavy atom. The first-order chi connectivity index (χ1) is 16.3. The van der Waals surface area contributed by atoms with E-state index in [0.717, 1.165) is 31.5 Å². The highest BCUT2D eigenvalue weighted by atomic mass is 16.2. The number of amides is 1. The molecule has 0 atom stereocenters. The van der Waals surface area contributed by atoms with E-state index in [1.165, 1.54) is 0 Å². The van der Waals surface area contributed by atoms with Crippen molar-refractivity contribution >= 4 is 5.91 Å². The monoisotopic (exact) mass is 455 g/mol. The molecule has 4 aromatic rings. The Morgan fingerprint density at radius 1 is 0.941 bits per heavy atom. The minimum absolute atomic E-state index is 0.0211. The van der Waals surface area contributed by atoms with Crippen molar-refractivity contribution in [2.45, 2.75) is 33.9 Å². The molecule has 0 radical (unpaired) electrons. The van der Waals surface area contributed by atoms with Crippen molar-refractivity contribution in [3.8, 4) is 5.69 Å². The second-order valence-corrected chi connectivity index (χ2v) is 8.20. The number of benzene rings is 2. The molecule has 0 aliphatic carbocycles. The van der Waals surface area contributed by atoms with Crippen LogP contribution in [0.4, 0.5) is 0 Å². The fraction of sp³-hybridized carbons (Fsp3) is 0.192. The molecule has 0 aliphatic rings. The van der Waals surface area contributed by atoms with Crippen molar-refractivity contribution < 1.29 is 4.79 Å². The highest BCUT2D eigenvalue weighted by Gasteiger charge is 2.21. The van der Waals surface area contributed by atoms with E-state index < -0.39 is 17.2 Å². The lowest BCUT2D eigenvalue weighted by Crippen LogP contribution is -2.46. The van der Waals surface area contributed by atoms with Gasteiger partial charge in [0.15, 0.2) is 0 Å². The number of pyridine rings is 1. The van der Waals surface area contributed by atoms with Crippen LogP contribution in [0.2, 0.25) is 0 Å². The molecule has 34 heavy (non-hydrogen) atoms. The number of carbonyl (C=O) groups is 1. The summed E-state index contributed by atoms with van der Waals surface area (Å²) in [5.74, 6) is -0.675. The number of hydrogen-bond acceptors (Lipinski definition) is 5. The minimum atomic E-state index is -0.745. The van der Waals surface area contributed by atoms with Crippen molar-refractivity contribution in [2.75, 3.05) is 0 Å². The maximum Gasteiger partial charge on any atom is 0.352 e. The van der Waals surface area contributed by atoms with Gasteiger partial charge in [-0.25, -0.2) is 4.79 Å². The first kappa shape index (κ1) is 22.8. The summed E-state index contributed by atoms with van der Waals surface area (Å²) < 4.78 is 2.16. The first-order valence-corrected chi connectivity index (χ1v) is 10.9. The summed E-state index contributed by atoms with van der Waals surface area (Å²) in [5, 5.41) is 6.87. The lowest BCUT2D eigenvalue weighted by atomic mass is 10.1. The zero-order valence-electron chi connectivity index (χ0n) is 19.3. The van der Waals surface area contributed by atoms with E-state index in [9.17, 15) is 14.4 Å². The average molecular weight is 456 g/mol. The van der Waals surface area contributed by atoms with Crippen LogP contribution >= 0.6 is 0 Å². The fourth-order valence-electron chi connectivity index (χ4n) is 3.57. The molecule has 0 unspecified atom stereocenters. The van der Waals surface area contributed by atoms with Crippen LogP contribution in [0.1, 0.15) is 38.4 Å². The van der Waals surface area contributed by atoms with Gasteiger partial charge in [-0.3, -0.25) is 19.1 Å². The van der Waals surface area contributed by atoms with Gasteiger partial charge in [0.05, 0.1) is 24.5 Å². The Labute approximate surface area is 196 Å². The lowest BCUT2D eigenvalue weighted by molar-refractivity contribution is 0.0940. The number of nitrogens with zero attached hydrogens (tertiary/aromatic N) is 4. The molecular weight excluding hydrogens is 430 g/mol. The van der Waals surface area contributed by atoms with Gasteiger partial charge in [0.1, 0.15) is 0 Å². The van der Waals surface area contributed by atoms with Gasteiger partial charge in [0, 0.05) is 6.20 Å². The molecule has 8 heteroatoms. The molecule has 0 spiro atoms. The predicted octanol–water partition coefficient (Wildman–Crippen LogP) is 2.69. The first-order valence-electron chi connectivity index (χ1n) is 10.9. The van der Waals surface area contributed by atoms with Crippen molar-refractivity contribution in [3.63, 3.8) is 0 Å². The molecular formula is C26H25N5O3. The molecule has 0 fully saturated rings. The number of aryl methyl sites for hydroxylation is 3. The van der Waals surface area contributed by atoms with Crippen LogP contribution in [0.5, 0.6) is 0 Å². The predicted molar refractivity (Wildman–Crippen MR) is 129 cm³/mol. The normalized spacial score (nSPS) is 10.8. The van der Waals surface area contributed by atoms with E-state index in [0.29, 0.717) is 11.4 Å². The highest BCUT2D eigenvalue weighted by molar-refractivity contribution is 5.91. The smallest absolute Gasteiger partial charge is 0.345 e. The van der Waals surface area contributed by atoms with Crippen LogP contribution in [0.25, 0.3) is 5.69 Å². The number of rotatable bonds is 6. The van der Waals surface area contributed by atoms with Gasteiger partial charge < -0.3 is 5.32 Å². The van der Waals surface area contributed by atoms with Gasteiger partial charge >= 0.3 is 5.69 Å². The van der Waals surface area contributed by atoms with Crippen LogP contribution < -0.4 is 16.6 Å². The largest absolute Gasteiger partial charge is 0.352 e. The average Bonchev–Trinajstić information content (AvgIpc) is 2.83. The fourth-order valence-corrected chi connectivity index (χ4v) is 3.57. The zero-order valence-corrected chi connectivity index (χ0v) is 19.3. The molecule has 0 bridgehead atoms. The van der Waals surface area contributed by atoms with E-state index in [1.807, 2.05) is 57.2 Å². The Balaban J connectivity index is 1.81. The third-order valence-corrected chi connectivity index (χ3v) is 5.59. The summed E-state index contributed by atoms with van der Waals surface area (Å²) in [4.78, 5) is 43.8. The van der Waals surface area contributed by atoms with Crippen LogP contribution in [0.15, 0.2) is 76.4 Å². The minimum Gasteiger partial charge on any atom is -0.345 e. The molecule has 1 N–H and O–H groups in total. The summed E-state index contributed by atoms with van der Waals surface area (Å²) in [5.41, 5.74) is 3.19. The maximum absolute atomic E-state index is 13.4. The molecule has 0 aliphatic heterocycles. The Kier molecular flexibility index (Phi) is 6.49. The molecule has 1 amide bonds. The highest BCUT2D eigenvalue weighted by Crippen LogP contribution is 2.12. The SMILES string of the molecule is Cc1cccc(Cn2c(=O)c(C(=O)NCc3ccccn3)nn(-c3ccc(C)c(C)c3)c2=O)c1. The molecule has 172 valence electrons. The topological polar surface area (TPSA) is 98.9 Å². The van der Waals surface area contributed by atoms with E-state index in [-0.39, 0.29) is 18.8 Å². The Hall–Kier alpha value is -4.33. The summed E-state index contributed by atoms with van der Waals surface area (Å²) in [7, 11) is 0. The third-order valence-electron chi connectivity index (χ3n) is 5.59. The van der Waals surface area contributed by atoms with Gasteiger partial charge in [-0.15, -0.1) is 0 Å². The standard InChI is InChI=1S/C26H25N5O3/c1-17-7-6-8-20(13-17)16-30-25(33)23(24(32)28-15-21-9-4-5-12-27-21)29-31(26(30)34)22-11-10-18(2)19(3)14-22/h4-14H,15-16H2,1-3H3,(H,28,32). The molecule has 4 rings (SSSR count). The van der Waals surface area contributed by atoms with Crippen molar-refractivity contribution in [1.29, 1.82) is 0 Å². The maximum atomic E-state index is 13.4. The number of aromatic nitrogens is 4. The van der Waals surface area contributed by atoms with Crippen molar-refractivity contribution in [1.82, 2.24) is 24.6 Å². The Bertz CT molecular complexity index is 1470. The molecule has 0 saturated heterocycles. The van der Waals surface area contributed by atoms with E-state index >= 15 is 0 Å². The number of hydrogen-bond donors (Lipinski definition) is 1. The van der Waals surface area contributed by atoms with Gasteiger partial charge in [0.25, 0.3) is 11.5 Å². The van der Waals surface area contributed by atoms with Gasteiger partial charge in [-0.05, 0) is 61.7 Å². The van der Waals surface area contributed by atoms with Crippen LogP contribution in [0.3, 0.4) is 0 Å². The quantitative estimate of drug-likeness (QED) is 0.482. The van der Waals surface area contributed by atoms with Gasteiger partial charge in [-0.1, -0.05) is 42.0 Å². The molecule has 8 nitrogen and oxygen atoms in total. The van der Waals surface area contributed by atoms with E-state index in [4.69, 9.17) is 0 Å². The zero-order chi connectivity index (χ0) is 24.2. The molecule has 2 aromatic heterocycles. The lowest BCUT2D eigenvalue weighted by Gasteiger charge is -2.13. The van der Waals surface area contributed by atoms with Crippen molar-refractivity contribution in [2.24, 2.45) is 0 Å². The van der Waals surface area contributed by atoms with Gasteiger partial charge in [-0.2, -0.15) is 9.78 Å².